The van der Waals surface area contributed by atoms with Gasteiger partial charge in [-0.15, -0.1) is 0 Å². The maximum absolute atomic E-state index is 12.2. The topological polar surface area (TPSA) is 48.0 Å². The van der Waals surface area contributed by atoms with Crippen LogP contribution < -0.4 is 4.74 Å². The van der Waals surface area contributed by atoms with Crippen LogP contribution in [0.1, 0.15) is 23.2 Å². The molecule has 5 heteroatoms. The van der Waals surface area contributed by atoms with E-state index in [2.05, 4.69) is 0 Å². The molecule has 0 aliphatic carbocycles. The Hall–Kier alpha value is -1.59. The van der Waals surface area contributed by atoms with Crippen molar-refractivity contribution in [3.05, 3.63) is 29.8 Å². The first kappa shape index (κ1) is 12.9. The highest BCUT2D eigenvalue weighted by molar-refractivity contribution is 5.93. The number of carbonyl (C=O) groups excluding carboxylic acids is 1. The highest BCUT2D eigenvalue weighted by atomic mass is 16.7. The van der Waals surface area contributed by atoms with Crippen molar-refractivity contribution in [1.29, 1.82) is 0 Å². The lowest BCUT2D eigenvalue weighted by atomic mass is 10.2. The van der Waals surface area contributed by atoms with Gasteiger partial charge in [-0.2, -0.15) is 5.06 Å². The largest absolute Gasteiger partial charge is 0.497 e. The molecule has 0 N–H and O–H groups in total. The van der Waals surface area contributed by atoms with E-state index < -0.39 is 0 Å². The smallest absolute Gasteiger partial charge is 0.279 e. The summed E-state index contributed by atoms with van der Waals surface area (Å²) in [6.45, 7) is 0.667. The highest BCUT2D eigenvalue weighted by Crippen LogP contribution is 2.20. The number of amides is 1. The third-order valence-electron chi connectivity index (χ3n) is 2.90. The van der Waals surface area contributed by atoms with E-state index in [1.54, 1.807) is 31.4 Å². The van der Waals surface area contributed by atoms with Gasteiger partial charge in [0.25, 0.3) is 5.91 Å². The molecule has 1 atom stereocenters. The van der Waals surface area contributed by atoms with Gasteiger partial charge in [0, 0.05) is 12.2 Å². The normalized spacial score (nSPS) is 18.7. The van der Waals surface area contributed by atoms with Crippen LogP contribution in [0.3, 0.4) is 0 Å². The maximum Gasteiger partial charge on any atom is 0.279 e. The minimum absolute atomic E-state index is 0.202. The van der Waals surface area contributed by atoms with Crippen molar-refractivity contribution in [1.82, 2.24) is 5.06 Å². The van der Waals surface area contributed by atoms with Crippen LogP contribution in [0.25, 0.3) is 0 Å². The maximum atomic E-state index is 12.2. The average molecular weight is 251 g/mol. The first-order valence-corrected chi connectivity index (χ1v) is 5.89. The molecule has 1 heterocycles. The number of ether oxygens (including phenoxy) is 2. The van der Waals surface area contributed by atoms with Gasteiger partial charge in [-0.3, -0.25) is 9.63 Å². The van der Waals surface area contributed by atoms with Crippen LogP contribution in [0, 0.1) is 0 Å². The summed E-state index contributed by atoms with van der Waals surface area (Å²) in [4.78, 5) is 17.4. The Labute approximate surface area is 106 Å². The van der Waals surface area contributed by atoms with Crippen LogP contribution in [0.2, 0.25) is 0 Å². The SMILES string of the molecule is COc1ccc(C(=O)N(OC)C2CCCO2)cc1. The molecular weight excluding hydrogens is 234 g/mol. The summed E-state index contributed by atoms with van der Waals surface area (Å²) in [5.74, 6) is 0.514. The molecule has 0 radical (unpaired) electrons. The number of hydrogen-bond acceptors (Lipinski definition) is 4. The van der Waals surface area contributed by atoms with Crippen molar-refractivity contribution in [3.63, 3.8) is 0 Å². The van der Waals surface area contributed by atoms with Gasteiger partial charge < -0.3 is 9.47 Å². The van der Waals surface area contributed by atoms with E-state index in [1.165, 1.54) is 12.2 Å². The molecule has 5 nitrogen and oxygen atoms in total. The Morgan fingerprint density at radius 1 is 1.33 bits per heavy atom. The van der Waals surface area contributed by atoms with Crippen molar-refractivity contribution in [3.8, 4) is 5.75 Å². The lowest BCUT2D eigenvalue weighted by molar-refractivity contribution is -0.186. The molecule has 1 aromatic rings. The number of nitrogens with zero attached hydrogens (tertiary/aromatic N) is 1. The van der Waals surface area contributed by atoms with Crippen molar-refractivity contribution < 1.29 is 19.1 Å². The molecule has 18 heavy (non-hydrogen) atoms. The predicted molar refractivity (Wildman–Crippen MR) is 65.1 cm³/mol. The molecule has 1 fully saturated rings. The van der Waals surface area contributed by atoms with Crippen molar-refractivity contribution in [2.24, 2.45) is 0 Å². The fourth-order valence-electron chi connectivity index (χ4n) is 1.94. The number of hydroxylamine groups is 2. The fraction of sp³-hybridized carbons (Fsp3) is 0.462. The molecule has 1 unspecified atom stereocenters. The lowest BCUT2D eigenvalue weighted by Crippen LogP contribution is -2.39. The van der Waals surface area contributed by atoms with Gasteiger partial charge in [0.2, 0.25) is 0 Å². The Bertz CT molecular complexity index is 398. The van der Waals surface area contributed by atoms with Crippen LogP contribution in [0.15, 0.2) is 24.3 Å². The van der Waals surface area contributed by atoms with Gasteiger partial charge in [-0.05, 0) is 37.1 Å². The monoisotopic (exact) mass is 251 g/mol. The zero-order chi connectivity index (χ0) is 13.0. The Balaban J connectivity index is 2.11. The van der Waals surface area contributed by atoms with Crippen molar-refractivity contribution in [2.75, 3.05) is 20.8 Å². The van der Waals surface area contributed by atoms with Gasteiger partial charge in [0.05, 0.1) is 14.2 Å². The molecule has 1 aliphatic rings. The summed E-state index contributed by atoms with van der Waals surface area (Å²) in [5.41, 5.74) is 0.549. The van der Waals surface area contributed by atoms with E-state index in [9.17, 15) is 4.79 Å². The highest BCUT2D eigenvalue weighted by Gasteiger charge is 2.28. The van der Waals surface area contributed by atoms with Gasteiger partial charge in [0.15, 0.2) is 6.23 Å². The Morgan fingerprint density at radius 3 is 2.56 bits per heavy atom. The van der Waals surface area contributed by atoms with E-state index in [4.69, 9.17) is 14.3 Å². The first-order chi connectivity index (χ1) is 8.76. The number of methoxy groups -OCH3 is 1. The van der Waals surface area contributed by atoms with E-state index in [0.717, 1.165) is 12.8 Å². The summed E-state index contributed by atoms with van der Waals surface area (Å²) >= 11 is 0. The van der Waals surface area contributed by atoms with Crippen LogP contribution in [-0.4, -0.2) is 38.0 Å². The van der Waals surface area contributed by atoms with Crippen LogP contribution in [0.4, 0.5) is 0 Å². The van der Waals surface area contributed by atoms with Gasteiger partial charge >= 0.3 is 0 Å². The second kappa shape index (κ2) is 5.84. The summed E-state index contributed by atoms with van der Waals surface area (Å²) in [5, 5.41) is 1.29. The number of rotatable bonds is 4. The molecule has 0 saturated carbocycles. The van der Waals surface area contributed by atoms with Gasteiger partial charge in [-0.25, -0.2) is 0 Å². The third kappa shape index (κ3) is 2.63. The standard InChI is InChI=1S/C13H17NO4/c1-16-11-7-5-10(6-8-11)13(15)14(17-2)12-4-3-9-18-12/h5-8,12H,3-4,9H2,1-2H3. The van der Waals surface area contributed by atoms with Gasteiger partial charge in [0.1, 0.15) is 5.75 Å². The van der Waals surface area contributed by atoms with Gasteiger partial charge in [-0.1, -0.05) is 0 Å². The minimum atomic E-state index is -0.287. The molecule has 1 amide bonds. The zero-order valence-electron chi connectivity index (χ0n) is 10.6. The molecule has 98 valence electrons. The first-order valence-electron chi connectivity index (χ1n) is 5.89. The molecular formula is C13H17NO4. The summed E-state index contributed by atoms with van der Waals surface area (Å²) < 4.78 is 10.5. The quantitative estimate of drug-likeness (QED) is 0.766. The predicted octanol–water partition coefficient (Wildman–Crippen LogP) is 1.84. The summed E-state index contributed by atoms with van der Waals surface area (Å²) in [7, 11) is 3.06. The Kier molecular flexibility index (Phi) is 4.17. The van der Waals surface area contributed by atoms with E-state index in [0.29, 0.717) is 17.9 Å². The van der Waals surface area contributed by atoms with Crippen LogP contribution >= 0.6 is 0 Å². The lowest BCUT2D eigenvalue weighted by Gasteiger charge is -2.25. The number of benzene rings is 1. The average Bonchev–Trinajstić information content (AvgIpc) is 2.93. The third-order valence-corrected chi connectivity index (χ3v) is 2.90. The number of carbonyl (C=O) groups is 1. The minimum Gasteiger partial charge on any atom is -0.497 e. The van der Waals surface area contributed by atoms with Crippen LogP contribution in [0.5, 0.6) is 5.75 Å². The molecule has 0 aromatic heterocycles. The number of hydrogen-bond donors (Lipinski definition) is 0. The summed E-state index contributed by atoms with van der Waals surface area (Å²) in [6.07, 6.45) is 1.46. The van der Waals surface area contributed by atoms with Crippen molar-refractivity contribution >= 4 is 5.91 Å². The fourth-order valence-corrected chi connectivity index (χ4v) is 1.94. The van der Waals surface area contributed by atoms with E-state index >= 15 is 0 Å². The Morgan fingerprint density at radius 2 is 2.06 bits per heavy atom. The zero-order valence-corrected chi connectivity index (χ0v) is 10.6. The molecule has 2 rings (SSSR count). The molecule has 1 aliphatic heterocycles. The summed E-state index contributed by atoms with van der Waals surface area (Å²) in [6, 6.07) is 6.91. The molecule has 1 aromatic carbocycles. The van der Waals surface area contributed by atoms with E-state index in [-0.39, 0.29) is 12.1 Å². The van der Waals surface area contributed by atoms with Crippen molar-refractivity contribution in [2.45, 2.75) is 19.1 Å². The second-order valence-corrected chi connectivity index (χ2v) is 4.01. The van der Waals surface area contributed by atoms with E-state index in [1.807, 2.05) is 0 Å². The van der Waals surface area contributed by atoms with Crippen LogP contribution in [-0.2, 0) is 9.57 Å². The molecule has 1 saturated heterocycles. The second-order valence-electron chi connectivity index (χ2n) is 4.01. The molecule has 0 bridgehead atoms. The molecule has 0 spiro atoms.